The maximum absolute atomic E-state index is 12.3. The van der Waals surface area contributed by atoms with E-state index in [9.17, 15) is 14.4 Å². The summed E-state index contributed by atoms with van der Waals surface area (Å²) in [6, 6.07) is 8.91. The lowest BCUT2D eigenvalue weighted by atomic mass is 10.0. The van der Waals surface area contributed by atoms with E-state index in [1.807, 2.05) is 24.3 Å². The van der Waals surface area contributed by atoms with Crippen LogP contribution in [0.1, 0.15) is 41.4 Å². The van der Waals surface area contributed by atoms with E-state index in [1.165, 1.54) is 0 Å². The van der Waals surface area contributed by atoms with E-state index in [0.29, 0.717) is 12.8 Å². The van der Waals surface area contributed by atoms with Gasteiger partial charge in [-0.1, -0.05) is 12.1 Å². The summed E-state index contributed by atoms with van der Waals surface area (Å²) in [6.45, 7) is 4.03. The quantitative estimate of drug-likeness (QED) is 0.382. The van der Waals surface area contributed by atoms with E-state index in [0.717, 1.165) is 11.3 Å². The third-order valence-electron chi connectivity index (χ3n) is 3.99. The van der Waals surface area contributed by atoms with Crippen LogP contribution in [-0.2, 0) is 25.6 Å². The van der Waals surface area contributed by atoms with Crippen molar-refractivity contribution >= 4 is 18.2 Å². The molecule has 0 aliphatic rings. The van der Waals surface area contributed by atoms with E-state index in [2.05, 4.69) is 0 Å². The zero-order valence-electron chi connectivity index (χ0n) is 15.6. The molecule has 0 saturated carbocycles. The molecule has 1 atom stereocenters. The highest BCUT2D eigenvalue weighted by atomic mass is 16.5. The fourth-order valence-corrected chi connectivity index (χ4v) is 2.74. The summed E-state index contributed by atoms with van der Waals surface area (Å²) in [7, 11) is 1.58. The number of rotatable bonds is 9. The number of aldehydes is 1. The minimum atomic E-state index is -1.21. The molecule has 0 saturated heterocycles. The number of carbonyl (C=O) groups excluding carboxylic acids is 3. The van der Waals surface area contributed by atoms with Crippen molar-refractivity contribution in [3.8, 4) is 5.75 Å². The zero-order valence-corrected chi connectivity index (χ0v) is 15.6. The van der Waals surface area contributed by atoms with Crippen molar-refractivity contribution < 1.29 is 28.6 Å². The minimum Gasteiger partial charge on any atom is -0.497 e. The Hall–Kier alpha value is -3.09. The molecule has 7 nitrogen and oxygen atoms in total. The highest BCUT2D eigenvalue weighted by Crippen LogP contribution is 2.24. The molecular weight excluding hydrogens is 350 g/mol. The van der Waals surface area contributed by atoms with E-state index in [1.54, 1.807) is 37.8 Å². The Balaban J connectivity index is 2.44. The molecule has 144 valence electrons. The first kappa shape index (κ1) is 20.2. The lowest BCUT2D eigenvalue weighted by Gasteiger charge is -2.16. The van der Waals surface area contributed by atoms with Gasteiger partial charge >= 0.3 is 11.9 Å². The number of methoxy groups -OCH3 is 1. The lowest BCUT2D eigenvalue weighted by Crippen LogP contribution is -2.23. The van der Waals surface area contributed by atoms with Gasteiger partial charge in [0.1, 0.15) is 12.0 Å². The number of benzene rings is 1. The molecule has 0 aliphatic carbocycles. The number of esters is 2. The molecule has 7 heteroatoms. The summed E-state index contributed by atoms with van der Waals surface area (Å²) >= 11 is 0. The van der Waals surface area contributed by atoms with Crippen molar-refractivity contribution in [1.29, 1.82) is 0 Å². The van der Waals surface area contributed by atoms with Crippen molar-refractivity contribution in [2.24, 2.45) is 0 Å². The Morgan fingerprint density at radius 3 is 2.30 bits per heavy atom. The average molecular weight is 373 g/mol. The first-order valence-electron chi connectivity index (χ1n) is 8.66. The maximum atomic E-state index is 12.3. The van der Waals surface area contributed by atoms with Gasteiger partial charge in [-0.3, -0.25) is 4.79 Å². The van der Waals surface area contributed by atoms with Gasteiger partial charge in [-0.05, 0) is 37.6 Å². The van der Waals surface area contributed by atoms with Crippen molar-refractivity contribution in [1.82, 2.24) is 4.57 Å². The average Bonchev–Trinajstić information content (AvgIpc) is 3.07. The fraction of sp³-hybridized carbons (Fsp3) is 0.350. The summed E-state index contributed by atoms with van der Waals surface area (Å²) in [5.41, 5.74) is 1.35. The predicted octanol–water partition coefficient (Wildman–Crippen LogP) is 2.57. The number of ether oxygens (including phenoxy) is 3. The van der Waals surface area contributed by atoms with Crippen LogP contribution in [0.2, 0.25) is 0 Å². The Morgan fingerprint density at radius 1 is 1.07 bits per heavy atom. The van der Waals surface area contributed by atoms with Crippen LogP contribution in [0.4, 0.5) is 0 Å². The SMILES string of the molecule is CCOC(=O)c1ccn(Cc2ccc(OC)cc2)c1C(C=O)C(=O)OCC. The summed E-state index contributed by atoms with van der Waals surface area (Å²) in [4.78, 5) is 36.2. The molecule has 2 aromatic rings. The maximum Gasteiger partial charge on any atom is 0.339 e. The highest BCUT2D eigenvalue weighted by molar-refractivity contribution is 5.99. The molecule has 2 rings (SSSR count). The van der Waals surface area contributed by atoms with Gasteiger partial charge in [0.2, 0.25) is 0 Å². The highest BCUT2D eigenvalue weighted by Gasteiger charge is 2.30. The zero-order chi connectivity index (χ0) is 19.8. The van der Waals surface area contributed by atoms with Gasteiger partial charge in [-0.25, -0.2) is 4.79 Å². The van der Waals surface area contributed by atoms with Crippen LogP contribution in [0.3, 0.4) is 0 Å². The molecule has 1 heterocycles. The van der Waals surface area contributed by atoms with Crippen molar-refractivity contribution in [3.05, 3.63) is 53.3 Å². The van der Waals surface area contributed by atoms with Crippen LogP contribution in [0.5, 0.6) is 5.75 Å². The van der Waals surface area contributed by atoms with Gasteiger partial charge in [0.05, 0.1) is 31.6 Å². The summed E-state index contributed by atoms with van der Waals surface area (Å²) in [6.07, 6.45) is 2.14. The van der Waals surface area contributed by atoms with Gasteiger partial charge in [0.25, 0.3) is 0 Å². The topological polar surface area (TPSA) is 83.8 Å². The molecule has 1 unspecified atom stereocenters. The molecule has 1 aromatic heterocycles. The van der Waals surface area contributed by atoms with E-state index >= 15 is 0 Å². The van der Waals surface area contributed by atoms with Gasteiger partial charge in [0.15, 0.2) is 5.92 Å². The van der Waals surface area contributed by atoms with Crippen LogP contribution >= 0.6 is 0 Å². The third-order valence-corrected chi connectivity index (χ3v) is 3.99. The van der Waals surface area contributed by atoms with Gasteiger partial charge in [0, 0.05) is 12.7 Å². The van der Waals surface area contributed by atoms with E-state index in [-0.39, 0.29) is 24.5 Å². The Kier molecular flexibility index (Phi) is 7.16. The molecule has 27 heavy (non-hydrogen) atoms. The van der Waals surface area contributed by atoms with Crippen LogP contribution in [0.25, 0.3) is 0 Å². The molecule has 0 aliphatic heterocycles. The molecule has 1 aromatic carbocycles. The second kappa shape index (κ2) is 9.56. The van der Waals surface area contributed by atoms with Crippen LogP contribution in [0.15, 0.2) is 36.5 Å². The first-order valence-corrected chi connectivity index (χ1v) is 8.66. The molecule has 0 radical (unpaired) electrons. The monoisotopic (exact) mass is 373 g/mol. The van der Waals surface area contributed by atoms with Crippen LogP contribution < -0.4 is 4.74 Å². The van der Waals surface area contributed by atoms with Crippen molar-refractivity contribution in [2.45, 2.75) is 26.3 Å². The summed E-state index contributed by atoms with van der Waals surface area (Å²) in [5, 5.41) is 0. The normalized spacial score (nSPS) is 11.5. The molecule has 0 N–H and O–H groups in total. The Bertz CT molecular complexity index is 793. The van der Waals surface area contributed by atoms with Crippen molar-refractivity contribution in [2.75, 3.05) is 20.3 Å². The second-order valence-electron chi connectivity index (χ2n) is 5.68. The number of aromatic nitrogens is 1. The van der Waals surface area contributed by atoms with Crippen LogP contribution in [0, 0.1) is 0 Å². The molecule has 0 spiro atoms. The molecule has 0 fully saturated rings. The Morgan fingerprint density at radius 2 is 1.74 bits per heavy atom. The van der Waals surface area contributed by atoms with E-state index < -0.39 is 17.9 Å². The number of hydrogen-bond acceptors (Lipinski definition) is 6. The number of carbonyl (C=O) groups is 3. The third kappa shape index (κ3) is 4.75. The standard InChI is InChI=1S/C20H23NO6/c1-4-26-19(23)16-10-11-21(12-14-6-8-15(25-3)9-7-14)18(16)17(13-22)20(24)27-5-2/h6-11,13,17H,4-5,12H2,1-3H3. The molecule has 0 bridgehead atoms. The predicted molar refractivity (Wildman–Crippen MR) is 97.9 cm³/mol. The smallest absolute Gasteiger partial charge is 0.339 e. The fourth-order valence-electron chi connectivity index (χ4n) is 2.74. The second-order valence-corrected chi connectivity index (χ2v) is 5.68. The van der Waals surface area contributed by atoms with Crippen LogP contribution in [-0.4, -0.2) is 43.1 Å². The largest absolute Gasteiger partial charge is 0.497 e. The van der Waals surface area contributed by atoms with E-state index in [4.69, 9.17) is 14.2 Å². The van der Waals surface area contributed by atoms with Gasteiger partial charge in [-0.2, -0.15) is 0 Å². The van der Waals surface area contributed by atoms with Gasteiger partial charge in [-0.15, -0.1) is 0 Å². The van der Waals surface area contributed by atoms with Crippen molar-refractivity contribution in [3.63, 3.8) is 0 Å². The summed E-state index contributed by atoms with van der Waals surface area (Å²) < 4.78 is 16.9. The number of nitrogens with zero attached hydrogens (tertiary/aromatic N) is 1. The lowest BCUT2D eigenvalue weighted by molar-refractivity contribution is -0.146. The molecular formula is C20H23NO6. The number of hydrogen-bond donors (Lipinski definition) is 0. The minimum absolute atomic E-state index is 0.136. The van der Waals surface area contributed by atoms with Gasteiger partial charge < -0.3 is 23.6 Å². The molecule has 0 amide bonds. The summed E-state index contributed by atoms with van der Waals surface area (Å²) in [5.74, 6) is -1.78. The Labute approximate surface area is 157 Å². The first-order chi connectivity index (χ1) is 13.0.